The normalized spacial score (nSPS) is 21.7. The van der Waals surface area contributed by atoms with Crippen molar-refractivity contribution >= 4 is 17.4 Å². The lowest BCUT2D eigenvalue weighted by molar-refractivity contribution is -0.137. The van der Waals surface area contributed by atoms with E-state index in [9.17, 15) is 28.2 Å². The first-order chi connectivity index (χ1) is 15.2. The second-order valence-electron chi connectivity index (χ2n) is 7.51. The summed E-state index contributed by atoms with van der Waals surface area (Å²) in [6, 6.07) is 2.99. The number of halogens is 3. The fraction of sp³-hybridized carbons (Fsp3) is 0.400. The highest BCUT2D eigenvalue weighted by Crippen LogP contribution is 2.31. The Kier molecular flexibility index (Phi) is 5.73. The standard InChI is InChI=1S/C20H21F3N6O3/c1-2-17(31)26-13-7-12(30)10-29(19(13)32)16-5-6-24-18(27-16)14-8-25-15-4-3-11(9-28(14)15)20(21,22)23/h3-6,8-9,12-13,19,30,32H,2,7,10H2,1H3,(H,26,31)/t12-,13-,19?/m0/s1. The minimum atomic E-state index is -4.52. The van der Waals surface area contributed by atoms with Crippen LogP contribution in [-0.4, -0.2) is 60.4 Å². The van der Waals surface area contributed by atoms with Gasteiger partial charge in [-0.3, -0.25) is 9.20 Å². The number of β-amino-alcohol motifs (C(OH)–C–C–N with tert-alkyl or cyclic N) is 1. The summed E-state index contributed by atoms with van der Waals surface area (Å²) in [5, 5.41) is 23.7. The molecule has 3 aromatic heterocycles. The zero-order chi connectivity index (χ0) is 23.0. The number of piperidine rings is 1. The molecule has 4 rings (SSSR count). The van der Waals surface area contributed by atoms with Crippen molar-refractivity contribution in [2.75, 3.05) is 11.4 Å². The highest BCUT2D eigenvalue weighted by molar-refractivity contribution is 5.76. The zero-order valence-electron chi connectivity index (χ0n) is 17.0. The van der Waals surface area contributed by atoms with Gasteiger partial charge >= 0.3 is 6.18 Å². The number of hydrogen-bond acceptors (Lipinski definition) is 7. The number of nitrogens with zero attached hydrogens (tertiary/aromatic N) is 5. The predicted molar refractivity (Wildman–Crippen MR) is 107 cm³/mol. The predicted octanol–water partition coefficient (Wildman–Crippen LogP) is 1.59. The number of rotatable bonds is 4. The number of imidazole rings is 1. The Bertz CT molecular complexity index is 1140. The second kappa shape index (κ2) is 8.36. The van der Waals surface area contributed by atoms with Crippen LogP contribution < -0.4 is 10.2 Å². The summed E-state index contributed by atoms with van der Waals surface area (Å²) >= 11 is 0. The molecule has 9 nitrogen and oxygen atoms in total. The van der Waals surface area contributed by atoms with Gasteiger partial charge in [-0.15, -0.1) is 0 Å². The fourth-order valence-electron chi connectivity index (χ4n) is 3.66. The van der Waals surface area contributed by atoms with E-state index in [4.69, 9.17) is 0 Å². The van der Waals surface area contributed by atoms with Crippen molar-refractivity contribution in [2.24, 2.45) is 0 Å². The maximum Gasteiger partial charge on any atom is 0.417 e. The molecule has 3 aromatic rings. The van der Waals surface area contributed by atoms with Crippen LogP contribution in [0.15, 0.2) is 36.8 Å². The molecular weight excluding hydrogens is 429 g/mol. The number of hydrogen-bond donors (Lipinski definition) is 3. The van der Waals surface area contributed by atoms with E-state index in [-0.39, 0.29) is 48.3 Å². The number of amides is 1. The number of carbonyl (C=O) groups excluding carboxylic acids is 1. The number of alkyl halides is 3. The average Bonchev–Trinajstić information content (AvgIpc) is 3.18. The summed E-state index contributed by atoms with van der Waals surface area (Å²) in [6.45, 7) is 1.73. The van der Waals surface area contributed by atoms with E-state index in [0.717, 1.165) is 12.3 Å². The Morgan fingerprint density at radius 3 is 2.75 bits per heavy atom. The molecule has 0 radical (unpaired) electrons. The summed E-state index contributed by atoms with van der Waals surface area (Å²) in [7, 11) is 0. The Labute approximate surface area is 180 Å². The molecule has 1 saturated heterocycles. The second-order valence-corrected chi connectivity index (χ2v) is 7.51. The van der Waals surface area contributed by atoms with Crippen LogP contribution in [0.4, 0.5) is 19.0 Å². The third kappa shape index (κ3) is 4.23. The highest BCUT2D eigenvalue weighted by atomic mass is 19.4. The molecule has 12 heteroatoms. The van der Waals surface area contributed by atoms with Crippen molar-refractivity contribution in [1.29, 1.82) is 0 Å². The highest BCUT2D eigenvalue weighted by Gasteiger charge is 2.36. The Balaban J connectivity index is 1.69. The molecule has 1 aliphatic heterocycles. The van der Waals surface area contributed by atoms with Crippen molar-refractivity contribution in [3.8, 4) is 11.5 Å². The summed E-state index contributed by atoms with van der Waals surface area (Å²) in [6.07, 6.45) is -2.42. The van der Waals surface area contributed by atoms with Crippen molar-refractivity contribution in [3.05, 3.63) is 42.4 Å². The zero-order valence-corrected chi connectivity index (χ0v) is 17.0. The van der Waals surface area contributed by atoms with Crippen LogP contribution in [-0.2, 0) is 11.0 Å². The molecule has 32 heavy (non-hydrogen) atoms. The molecule has 3 N–H and O–H groups in total. The van der Waals surface area contributed by atoms with Crippen molar-refractivity contribution in [3.63, 3.8) is 0 Å². The molecular formula is C20H21F3N6O3. The molecule has 0 saturated carbocycles. The molecule has 3 atom stereocenters. The number of fused-ring (bicyclic) bond motifs is 1. The van der Waals surface area contributed by atoms with Gasteiger partial charge in [0.2, 0.25) is 5.91 Å². The van der Waals surface area contributed by atoms with Gasteiger partial charge in [0.05, 0.1) is 23.9 Å². The van der Waals surface area contributed by atoms with Gasteiger partial charge in [0, 0.05) is 25.4 Å². The summed E-state index contributed by atoms with van der Waals surface area (Å²) in [5.74, 6) is 0.0762. The van der Waals surface area contributed by atoms with Gasteiger partial charge in [-0.25, -0.2) is 15.0 Å². The van der Waals surface area contributed by atoms with Crippen LogP contribution in [0.3, 0.4) is 0 Å². The SMILES string of the molecule is CCC(=O)N[C@H]1C[C@H](O)CN(c2ccnc(-c3cnc4ccc(C(F)(F)F)cn34)n2)C1O. The molecule has 170 valence electrons. The number of carbonyl (C=O) groups is 1. The van der Waals surface area contributed by atoms with E-state index < -0.39 is 30.1 Å². The first-order valence-electron chi connectivity index (χ1n) is 9.97. The molecule has 1 amide bonds. The van der Waals surface area contributed by atoms with Gasteiger partial charge in [0.25, 0.3) is 0 Å². The van der Waals surface area contributed by atoms with E-state index in [1.807, 2.05) is 0 Å². The first-order valence-corrected chi connectivity index (χ1v) is 9.97. The third-order valence-electron chi connectivity index (χ3n) is 5.28. The number of anilines is 1. The maximum absolute atomic E-state index is 13.1. The van der Waals surface area contributed by atoms with E-state index in [1.165, 1.54) is 33.8 Å². The van der Waals surface area contributed by atoms with Crippen molar-refractivity contribution in [2.45, 2.75) is 44.3 Å². The molecule has 1 fully saturated rings. The van der Waals surface area contributed by atoms with E-state index in [2.05, 4.69) is 20.3 Å². The lowest BCUT2D eigenvalue weighted by Gasteiger charge is -2.41. The lowest BCUT2D eigenvalue weighted by Crippen LogP contribution is -2.59. The Morgan fingerprint density at radius 2 is 2.03 bits per heavy atom. The Morgan fingerprint density at radius 1 is 1.25 bits per heavy atom. The van der Waals surface area contributed by atoms with Crippen LogP contribution >= 0.6 is 0 Å². The fourth-order valence-corrected chi connectivity index (χ4v) is 3.66. The number of aliphatic hydroxyl groups excluding tert-OH is 2. The summed E-state index contributed by atoms with van der Waals surface area (Å²) in [5.41, 5.74) is -0.321. The number of nitrogens with one attached hydrogen (secondary N) is 1. The first kappa shape index (κ1) is 22.0. The topological polar surface area (TPSA) is 116 Å². The van der Waals surface area contributed by atoms with Gasteiger partial charge in [0.1, 0.15) is 23.4 Å². The molecule has 0 bridgehead atoms. The molecule has 0 spiro atoms. The molecule has 0 aliphatic carbocycles. The molecule has 1 aliphatic rings. The Hall–Kier alpha value is -3.25. The smallest absolute Gasteiger partial charge is 0.391 e. The summed E-state index contributed by atoms with van der Waals surface area (Å²) < 4.78 is 40.7. The summed E-state index contributed by atoms with van der Waals surface area (Å²) in [4.78, 5) is 25.8. The molecule has 0 aromatic carbocycles. The molecule has 1 unspecified atom stereocenters. The van der Waals surface area contributed by atoms with Gasteiger partial charge in [-0.05, 0) is 24.6 Å². The molecule has 4 heterocycles. The number of pyridine rings is 1. The van der Waals surface area contributed by atoms with Gasteiger partial charge < -0.3 is 20.4 Å². The van der Waals surface area contributed by atoms with Crippen LogP contribution in [0, 0.1) is 0 Å². The van der Waals surface area contributed by atoms with Gasteiger partial charge in [-0.1, -0.05) is 6.92 Å². The van der Waals surface area contributed by atoms with Gasteiger partial charge in [-0.2, -0.15) is 13.2 Å². The van der Waals surface area contributed by atoms with E-state index >= 15 is 0 Å². The average molecular weight is 450 g/mol. The van der Waals surface area contributed by atoms with Crippen LogP contribution in [0.2, 0.25) is 0 Å². The van der Waals surface area contributed by atoms with E-state index in [1.54, 1.807) is 6.92 Å². The monoisotopic (exact) mass is 450 g/mol. The quantitative estimate of drug-likeness (QED) is 0.553. The number of aromatic nitrogens is 4. The lowest BCUT2D eigenvalue weighted by atomic mass is 10.0. The third-order valence-corrected chi connectivity index (χ3v) is 5.28. The number of aliphatic hydroxyl groups is 2. The largest absolute Gasteiger partial charge is 0.417 e. The van der Waals surface area contributed by atoms with Crippen LogP contribution in [0.1, 0.15) is 25.3 Å². The van der Waals surface area contributed by atoms with Crippen LogP contribution in [0.5, 0.6) is 0 Å². The van der Waals surface area contributed by atoms with Crippen molar-refractivity contribution < 1.29 is 28.2 Å². The maximum atomic E-state index is 13.1. The van der Waals surface area contributed by atoms with Gasteiger partial charge in [0.15, 0.2) is 5.82 Å². The van der Waals surface area contributed by atoms with Crippen LogP contribution in [0.25, 0.3) is 17.2 Å². The van der Waals surface area contributed by atoms with Crippen molar-refractivity contribution in [1.82, 2.24) is 24.7 Å². The minimum absolute atomic E-state index is 0.0570. The minimum Gasteiger partial charge on any atom is -0.391 e. The van der Waals surface area contributed by atoms with E-state index in [0.29, 0.717) is 0 Å².